The van der Waals surface area contributed by atoms with E-state index < -0.39 is 6.67 Å². The summed E-state index contributed by atoms with van der Waals surface area (Å²) in [4.78, 5) is 4.04. The molecule has 1 aromatic carbocycles. The number of aromatic nitrogens is 3. The van der Waals surface area contributed by atoms with Crippen LogP contribution in [0.25, 0.3) is 11.4 Å². The van der Waals surface area contributed by atoms with Gasteiger partial charge in [-0.3, -0.25) is 0 Å². The number of halogens is 1. The lowest BCUT2D eigenvalue weighted by Crippen LogP contribution is -1.90. The summed E-state index contributed by atoms with van der Waals surface area (Å²) in [6, 6.07) is 7.00. The van der Waals surface area contributed by atoms with Gasteiger partial charge in [-0.25, -0.2) is 9.37 Å². The van der Waals surface area contributed by atoms with Gasteiger partial charge in [0.1, 0.15) is 6.67 Å². The molecule has 70 valence electrons. The van der Waals surface area contributed by atoms with Crippen LogP contribution in [0.2, 0.25) is 0 Å². The molecule has 4 heteroatoms. The van der Waals surface area contributed by atoms with Crippen LogP contribution in [-0.4, -0.2) is 15.2 Å². The summed E-state index contributed by atoms with van der Waals surface area (Å²) in [5.41, 5.74) is 1.49. The average molecular weight is 188 g/mol. The summed E-state index contributed by atoms with van der Waals surface area (Å²) >= 11 is 0. The van der Waals surface area contributed by atoms with Crippen LogP contribution in [0.5, 0.6) is 0 Å². The molecule has 14 heavy (non-hydrogen) atoms. The van der Waals surface area contributed by atoms with Gasteiger partial charge in [0.2, 0.25) is 0 Å². The van der Waals surface area contributed by atoms with Crippen LogP contribution in [0, 0.1) is 0 Å². The minimum Gasteiger partial charge on any atom is -0.246 e. The first kappa shape index (κ1) is 8.74. The van der Waals surface area contributed by atoms with Crippen molar-refractivity contribution < 1.29 is 4.39 Å². The predicted octanol–water partition coefficient (Wildman–Crippen LogP) is 2.01. The summed E-state index contributed by atoms with van der Waals surface area (Å²) in [5, 5.41) is 7.57. The number of hydrogen-bond acceptors (Lipinski definition) is 3. The zero-order chi connectivity index (χ0) is 9.80. The molecule has 0 unspecified atom stereocenters. The Balaban J connectivity index is 2.34. The van der Waals surface area contributed by atoms with Crippen molar-refractivity contribution >= 4 is 0 Å². The van der Waals surface area contributed by atoms with Gasteiger partial charge in [-0.05, 0) is 5.56 Å². The van der Waals surface area contributed by atoms with Crippen molar-refractivity contribution in [1.29, 1.82) is 0 Å². The fourth-order valence-corrected chi connectivity index (χ4v) is 1.12. The van der Waals surface area contributed by atoms with Gasteiger partial charge in [-0.15, -0.1) is 5.10 Å². The van der Waals surface area contributed by atoms with Crippen LogP contribution in [0.15, 0.2) is 36.7 Å². The van der Waals surface area contributed by atoms with Crippen LogP contribution < -0.4 is 0 Å². The Labute approximate surface area is 80.6 Å². The lowest BCUT2D eigenvalue weighted by atomic mass is 10.1. The molecule has 0 bridgehead atoms. The Bertz CT molecular complexity index is 399. The Morgan fingerprint density at radius 2 is 1.86 bits per heavy atom. The second-order valence-electron chi connectivity index (χ2n) is 2.80. The predicted molar refractivity (Wildman–Crippen MR) is 50.1 cm³/mol. The van der Waals surface area contributed by atoms with E-state index in [1.165, 1.54) is 6.20 Å². The number of hydrogen-bond donors (Lipinski definition) is 0. The van der Waals surface area contributed by atoms with E-state index in [-0.39, 0.29) is 0 Å². The monoisotopic (exact) mass is 188 g/mol. The molecule has 1 aromatic heterocycles. The summed E-state index contributed by atoms with van der Waals surface area (Å²) in [7, 11) is 0. The van der Waals surface area contributed by atoms with E-state index >= 15 is 0 Å². The maximum atomic E-state index is 12.2. The summed E-state index contributed by atoms with van der Waals surface area (Å²) in [5.74, 6) is 0.554. The van der Waals surface area contributed by atoms with Gasteiger partial charge in [0, 0.05) is 11.8 Å². The number of alkyl halides is 1. The van der Waals surface area contributed by atoms with E-state index in [0.29, 0.717) is 11.4 Å². The van der Waals surface area contributed by atoms with Crippen LogP contribution in [0.4, 0.5) is 4.39 Å². The molecule has 0 atom stereocenters. The van der Waals surface area contributed by atoms with Crippen molar-refractivity contribution in [3.8, 4) is 11.4 Å². The topological polar surface area (TPSA) is 38.7 Å². The van der Waals surface area contributed by atoms with Crippen molar-refractivity contribution in [3.05, 3.63) is 42.2 Å². The quantitative estimate of drug-likeness (QED) is 0.723. The molecule has 0 radical (unpaired) electrons. The summed E-state index contributed by atoms with van der Waals surface area (Å²) in [6.45, 7) is -0.450. The number of rotatable bonds is 2. The van der Waals surface area contributed by atoms with E-state index in [2.05, 4.69) is 15.2 Å². The third-order valence-corrected chi connectivity index (χ3v) is 1.85. The Hall–Kier alpha value is -1.84. The summed E-state index contributed by atoms with van der Waals surface area (Å²) in [6.07, 6.45) is 3.09. The molecular formula is C10H8FN3. The van der Waals surface area contributed by atoms with Gasteiger partial charge in [0.05, 0.1) is 6.20 Å². The van der Waals surface area contributed by atoms with E-state index in [4.69, 9.17) is 0 Å². The Kier molecular flexibility index (Phi) is 2.44. The van der Waals surface area contributed by atoms with Crippen molar-refractivity contribution in [2.75, 3.05) is 0 Å². The normalized spacial score (nSPS) is 10.1. The zero-order valence-corrected chi connectivity index (χ0v) is 7.39. The van der Waals surface area contributed by atoms with Gasteiger partial charge >= 0.3 is 0 Å². The molecule has 0 aliphatic rings. The highest BCUT2D eigenvalue weighted by molar-refractivity contribution is 5.54. The molecule has 2 aromatic rings. The molecule has 1 heterocycles. The summed E-state index contributed by atoms with van der Waals surface area (Å²) < 4.78 is 12.2. The van der Waals surface area contributed by atoms with Crippen LogP contribution in [0.1, 0.15) is 5.56 Å². The van der Waals surface area contributed by atoms with E-state index in [0.717, 1.165) is 5.56 Å². The highest BCUT2D eigenvalue weighted by Crippen LogP contribution is 2.14. The molecule has 0 N–H and O–H groups in total. The number of nitrogens with zero attached hydrogens (tertiary/aromatic N) is 3. The molecule has 0 aliphatic carbocycles. The molecule has 0 saturated carbocycles. The second kappa shape index (κ2) is 3.91. The first-order valence-corrected chi connectivity index (χ1v) is 4.19. The SMILES string of the molecule is [18F]Cc1ccc(-c2nccnn2)cc1. The van der Waals surface area contributed by atoms with E-state index in [1.807, 2.05) is 0 Å². The number of benzene rings is 1. The van der Waals surface area contributed by atoms with Gasteiger partial charge in [0.25, 0.3) is 0 Å². The average Bonchev–Trinajstić information content (AvgIpc) is 2.30. The minimum absolute atomic E-state index is 0.450. The molecule has 0 fully saturated rings. The smallest absolute Gasteiger partial charge is 0.181 e. The standard InChI is InChI=1S/C10H8FN3/c11-7-8-1-3-9(4-2-8)10-12-5-6-13-14-10/h1-6H,7H2/i11-1. The van der Waals surface area contributed by atoms with Crippen LogP contribution in [0.3, 0.4) is 0 Å². The van der Waals surface area contributed by atoms with E-state index in [1.54, 1.807) is 30.5 Å². The van der Waals surface area contributed by atoms with Gasteiger partial charge in [-0.2, -0.15) is 5.10 Å². The molecule has 0 aliphatic heterocycles. The third kappa shape index (κ3) is 1.74. The maximum Gasteiger partial charge on any atom is 0.181 e. The van der Waals surface area contributed by atoms with Gasteiger partial charge in [0.15, 0.2) is 5.82 Å². The molecule has 3 nitrogen and oxygen atoms in total. The zero-order valence-electron chi connectivity index (χ0n) is 7.39. The lowest BCUT2D eigenvalue weighted by molar-refractivity contribution is 0.485. The second-order valence-corrected chi connectivity index (χ2v) is 2.80. The van der Waals surface area contributed by atoms with Crippen LogP contribution >= 0.6 is 0 Å². The van der Waals surface area contributed by atoms with Gasteiger partial charge < -0.3 is 0 Å². The van der Waals surface area contributed by atoms with Crippen LogP contribution in [-0.2, 0) is 6.67 Å². The highest BCUT2D eigenvalue weighted by Gasteiger charge is 1.99. The molecule has 0 amide bonds. The largest absolute Gasteiger partial charge is 0.246 e. The minimum atomic E-state index is -0.450. The maximum absolute atomic E-state index is 12.2. The fraction of sp³-hybridized carbons (Fsp3) is 0.100. The molecule has 0 spiro atoms. The van der Waals surface area contributed by atoms with Crippen molar-refractivity contribution in [1.82, 2.24) is 15.2 Å². The fourth-order valence-electron chi connectivity index (χ4n) is 1.12. The molecule has 2 rings (SSSR count). The Morgan fingerprint density at radius 1 is 1.07 bits per heavy atom. The van der Waals surface area contributed by atoms with Gasteiger partial charge in [-0.1, -0.05) is 24.3 Å². The molecular weight excluding hydrogens is 180 g/mol. The van der Waals surface area contributed by atoms with E-state index in [9.17, 15) is 4.39 Å². The first-order chi connectivity index (χ1) is 6.90. The first-order valence-electron chi connectivity index (χ1n) is 4.19. The molecule has 0 saturated heterocycles. The van der Waals surface area contributed by atoms with Crippen molar-refractivity contribution in [3.63, 3.8) is 0 Å². The third-order valence-electron chi connectivity index (χ3n) is 1.85. The highest BCUT2D eigenvalue weighted by atomic mass is 18.2. The Morgan fingerprint density at radius 3 is 2.43 bits per heavy atom. The lowest BCUT2D eigenvalue weighted by Gasteiger charge is -1.98. The van der Waals surface area contributed by atoms with Crippen molar-refractivity contribution in [2.24, 2.45) is 0 Å². The van der Waals surface area contributed by atoms with Crippen molar-refractivity contribution in [2.45, 2.75) is 6.67 Å².